The van der Waals surface area contributed by atoms with Crippen molar-refractivity contribution in [1.29, 1.82) is 0 Å². The van der Waals surface area contributed by atoms with Gasteiger partial charge in [0.05, 0.1) is 0 Å². The number of aromatic nitrogens is 1. The quantitative estimate of drug-likeness (QED) is 0.197. The van der Waals surface area contributed by atoms with Gasteiger partial charge in [0.15, 0.2) is 0 Å². The summed E-state index contributed by atoms with van der Waals surface area (Å²) >= 11 is 7.03. The summed E-state index contributed by atoms with van der Waals surface area (Å²) in [4.78, 5) is 0. The third kappa shape index (κ3) is 3.33. The molecule has 1 aromatic heterocycles. The lowest BCUT2D eigenvalue weighted by Gasteiger charge is -2.00. The number of rotatable bonds is 0. The Labute approximate surface area is 187 Å². The van der Waals surface area contributed by atoms with Gasteiger partial charge < -0.3 is 4.57 Å². The van der Waals surface area contributed by atoms with Crippen molar-refractivity contribution in [2.45, 2.75) is 6.42 Å². The van der Waals surface area contributed by atoms with Crippen molar-refractivity contribution in [1.82, 2.24) is 4.57 Å². The molecule has 1 aliphatic carbocycles. The molecule has 1 heterocycles. The van der Waals surface area contributed by atoms with E-state index in [9.17, 15) is 0 Å². The average molecular weight is 505 g/mol. The van der Waals surface area contributed by atoms with E-state index in [1.165, 1.54) is 44.1 Å². The van der Waals surface area contributed by atoms with Gasteiger partial charge in [0.25, 0.3) is 0 Å². The predicted octanol–water partition coefficient (Wildman–Crippen LogP) is 8.11. The first-order valence-corrected chi connectivity index (χ1v) is 11.2. The Morgan fingerprint density at radius 2 is 1.28 bits per heavy atom. The van der Waals surface area contributed by atoms with Crippen molar-refractivity contribution >= 4 is 53.7 Å². The topological polar surface area (TPSA) is 4.93 Å². The first-order valence-electron chi connectivity index (χ1n) is 9.61. The summed E-state index contributed by atoms with van der Waals surface area (Å²) < 4.78 is 4.52. The van der Waals surface area contributed by atoms with E-state index in [4.69, 9.17) is 0 Å². The molecule has 0 aliphatic heterocycles. The number of fused-ring (bicyclic) bond motifs is 6. The first kappa shape index (κ1) is 18.7. The molecule has 4 aromatic carbocycles. The molecule has 0 radical (unpaired) electrons. The number of nitrogens with zero attached hydrogens (tertiary/aromatic N) is 1. The highest BCUT2D eigenvalue weighted by atomic mass is 79.9. The molecular formula is C26H19Br2N. The van der Waals surface area contributed by atoms with E-state index in [1.54, 1.807) is 0 Å². The Hall–Kier alpha value is -2.36. The van der Waals surface area contributed by atoms with Crippen LogP contribution in [0.2, 0.25) is 0 Å². The molecule has 0 atom stereocenters. The van der Waals surface area contributed by atoms with Gasteiger partial charge in [0.2, 0.25) is 0 Å². The van der Waals surface area contributed by atoms with Gasteiger partial charge in [-0.25, -0.2) is 0 Å². The molecule has 0 spiro atoms. The Bertz CT molecular complexity index is 1360. The maximum absolute atomic E-state index is 3.52. The lowest BCUT2D eigenvalue weighted by atomic mass is 10.1. The molecule has 0 unspecified atom stereocenters. The first-order chi connectivity index (χ1) is 14.1. The van der Waals surface area contributed by atoms with E-state index < -0.39 is 0 Å². The summed E-state index contributed by atoms with van der Waals surface area (Å²) in [5, 5.41) is 2.62. The second kappa shape index (κ2) is 7.47. The van der Waals surface area contributed by atoms with Crippen molar-refractivity contribution < 1.29 is 0 Å². The average Bonchev–Trinajstić information content (AvgIpc) is 3.24. The molecule has 6 rings (SSSR count). The highest BCUT2D eigenvalue weighted by Crippen LogP contribution is 2.37. The standard InChI is InChI=1S/C13H10BrN.C13H9Br/c1-15-12-5-3-2-4-10(12)11-8-9(14)6-7-13(11)15;14-11-6-5-10-7-9-3-1-2-4-12(9)13(10)8-11/h2-8H,1H3;1-6,8H,7H2. The van der Waals surface area contributed by atoms with Crippen molar-refractivity contribution in [3.05, 3.63) is 105 Å². The number of benzene rings is 4. The smallest absolute Gasteiger partial charge is 0.0489 e. The molecule has 142 valence electrons. The summed E-state index contributed by atoms with van der Waals surface area (Å²) in [5.41, 5.74) is 8.22. The van der Waals surface area contributed by atoms with Crippen molar-refractivity contribution in [2.75, 3.05) is 0 Å². The summed E-state index contributed by atoms with van der Waals surface area (Å²) in [6.07, 6.45) is 1.08. The van der Waals surface area contributed by atoms with Crippen LogP contribution in [0.5, 0.6) is 0 Å². The van der Waals surface area contributed by atoms with Crippen LogP contribution in [0.15, 0.2) is 93.9 Å². The van der Waals surface area contributed by atoms with E-state index >= 15 is 0 Å². The lowest BCUT2D eigenvalue weighted by molar-refractivity contribution is 1.01. The van der Waals surface area contributed by atoms with E-state index in [0.29, 0.717) is 0 Å². The van der Waals surface area contributed by atoms with Crippen LogP contribution < -0.4 is 0 Å². The van der Waals surface area contributed by atoms with Crippen molar-refractivity contribution in [2.24, 2.45) is 7.05 Å². The highest BCUT2D eigenvalue weighted by molar-refractivity contribution is 9.10. The van der Waals surface area contributed by atoms with Crippen molar-refractivity contribution in [3.63, 3.8) is 0 Å². The van der Waals surface area contributed by atoms with Gasteiger partial charge in [-0.1, -0.05) is 80.4 Å². The molecule has 1 nitrogen and oxygen atoms in total. The fraction of sp³-hybridized carbons (Fsp3) is 0.0769. The predicted molar refractivity (Wildman–Crippen MR) is 131 cm³/mol. The maximum Gasteiger partial charge on any atom is 0.0489 e. The zero-order chi connectivity index (χ0) is 20.0. The monoisotopic (exact) mass is 503 g/mol. The third-order valence-electron chi connectivity index (χ3n) is 5.64. The lowest BCUT2D eigenvalue weighted by Crippen LogP contribution is -1.85. The van der Waals surface area contributed by atoms with Gasteiger partial charge in [0.1, 0.15) is 0 Å². The minimum atomic E-state index is 1.08. The Morgan fingerprint density at radius 3 is 2.17 bits per heavy atom. The SMILES string of the molecule is Brc1ccc2c(c1)-c1ccccc1C2.Cn1c2ccccc2c2cc(Br)ccc21. The fourth-order valence-electron chi connectivity index (χ4n) is 4.24. The van der Waals surface area contributed by atoms with Gasteiger partial charge in [-0.3, -0.25) is 0 Å². The van der Waals surface area contributed by atoms with Gasteiger partial charge >= 0.3 is 0 Å². The van der Waals surface area contributed by atoms with E-state index in [-0.39, 0.29) is 0 Å². The molecule has 0 saturated heterocycles. The Balaban J connectivity index is 0.000000125. The van der Waals surface area contributed by atoms with E-state index in [1.807, 2.05) is 0 Å². The van der Waals surface area contributed by atoms with Crippen molar-refractivity contribution in [3.8, 4) is 11.1 Å². The van der Waals surface area contributed by atoms with Crippen LogP contribution in [0.4, 0.5) is 0 Å². The molecule has 1 aliphatic rings. The van der Waals surface area contributed by atoms with Crippen LogP contribution in [-0.4, -0.2) is 4.57 Å². The normalized spacial score (nSPS) is 11.8. The summed E-state index contributed by atoms with van der Waals surface area (Å²) in [6, 6.07) is 30.1. The van der Waals surface area contributed by atoms with Crippen LogP contribution in [0.3, 0.4) is 0 Å². The maximum atomic E-state index is 3.52. The molecule has 0 amide bonds. The minimum Gasteiger partial charge on any atom is -0.344 e. The third-order valence-corrected chi connectivity index (χ3v) is 6.62. The van der Waals surface area contributed by atoms with Gasteiger partial charge in [-0.05, 0) is 65.1 Å². The van der Waals surface area contributed by atoms with Crippen LogP contribution in [0.25, 0.3) is 32.9 Å². The molecule has 5 aromatic rings. The van der Waals surface area contributed by atoms with Crippen LogP contribution in [-0.2, 0) is 13.5 Å². The molecule has 29 heavy (non-hydrogen) atoms. The Morgan fingerprint density at radius 1 is 0.621 bits per heavy atom. The van der Waals surface area contributed by atoms with Gasteiger partial charge in [0, 0.05) is 37.8 Å². The second-order valence-electron chi connectivity index (χ2n) is 7.37. The largest absolute Gasteiger partial charge is 0.344 e. The number of aryl methyl sites for hydroxylation is 1. The second-order valence-corrected chi connectivity index (χ2v) is 9.20. The number of halogens is 2. The molecule has 0 saturated carbocycles. The molecular weight excluding hydrogens is 486 g/mol. The molecule has 0 fully saturated rings. The van der Waals surface area contributed by atoms with Crippen LogP contribution in [0, 0.1) is 0 Å². The summed E-state index contributed by atoms with van der Waals surface area (Å²) in [7, 11) is 2.11. The van der Waals surface area contributed by atoms with E-state index in [2.05, 4.69) is 128 Å². The van der Waals surface area contributed by atoms with E-state index in [0.717, 1.165) is 15.4 Å². The zero-order valence-corrected chi connectivity index (χ0v) is 19.2. The van der Waals surface area contributed by atoms with Gasteiger partial charge in [-0.2, -0.15) is 0 Å². The number of hydrogen-bond donors (Lipinski definition) is 0. The minimum absolute atomic E-state index is 1.08. The summed E-state index contributed by atoms with van der Waals surface area (Å²) in [6.45, 7) is 0. The Kier molecular flexibility index (Phi) is 4.81. The molecule has 3 heteroatoms. The number of hydrogen-bond acceptors (Lipinski definition) is 0. The molecule has 0 N–H and O–H groups in total. The van der Waals surface area contributed by atoms with Crippen LogP contribution in [0.1, 0.15) is 11.1 Å². The summed E-state index contributed by atoms with van der Waals surface area (Å²) in [5.74, 6) is 0. The number of para-hydroxylation sites is 1. The van der Waals surface area contributed by atoms with Gasteiger partial charge in [-0.15, -0.1) is 0 Å². The zero-order valence-electron chi connectivity index (χ0n) is 16.0. The highest BCUT2D eigenvalue weighted by Gasteiger charge is 2.17. The fourth-order valence-corrected chi connectivity index (χ4v) is 4.96. The van der Waals surface area contributed by atoms with Crippen LogP contribution >= 0.6 is 31.9 Å². The molecule has 0 bridgehead atoms.